The highest BCUT2D eigenvalue weighted by molar-refractivity contribution is 6.35. The van der Waals surface area contributed by atoms with Crippen LogP contribution in [0.2, 0.25) is 10.0 Å². The van der Waals surface area contributed by atoms with Crippen LogP contribution in [0, 0.1) is 0 Å². The summed E-state index contributed by atoms with van der Waals surface area (Å²) in [7, 11) is 0. The largest absolute Gasteiger partial charge is 0.490 e. The molecule has 110 valence electrons. The number of ether oxygens (including phenoxy) is 1. The van der Waals surface area contributed by atoms with Crippen molar-refractivity contribution < 1.29 is 9.53 Å². The van der Waals surface area contributed by atoms with Crippen LogP contribution in [-0.2, 0) is 0 Å². The maximum atomic E-state index is 12.4. The number of benzene rings is 2. The SMILES string of the molecule is CC(C)Oc1ccccc1C(=O)Nc1cc(Cl)cc(Cl)c1. The first-order chi connectivity index (χ1) is 9.95. The Morgan fingerprint density at radius 3 is 2.33 bits per heavy atom. The van der Waals surface area contributed by atoms with Crippen LogP contribution in [0.1, 0.15) is 24.2 Å². The van der Waals surface area contributed by atoms with Crippen LogP contribution in [0.4, 0.5) is 5.69 Å². The summed E-state index contributed by atoms with van der Waals surface area (Å²) in [5.74, 6) is 0.266. The van der Waals surface area contributed by atoms with Crippen LogP contribution in [0.15, 0.2) is 42.5 Å². The van der Waals surface area contributed by atoms with Gasteiger partial charge < -0.3 is 10.1 Å². The van der Waals surface area contributed by atoms with Crippen LogP contribution >= 0.6 is 23.2 Å². The van der Waals surface area contributed by atoms with Crippen LogP contribution in [0.5, 0.6) is 5.75 Å². The summed E-state index contributed by atoms with van der Waals surface area (Å²) in [4.78, 5) is 12.4. The van der Waals surface area contributed by atoms with Crippen molar-refractivity contribution in [1.82, 2.24) is 0 Å². The molecule has 0 heterocycles. The topological polar surface area (TPSA) is 38.3 Å². The Kier molecular flexibility index (Phi) is 5.10. The highest BCUT2D eigenvalue weighted by Crippen LogP contribution is 2.25. The molecule has 5 heteroatoms. The smallest absolute Gasteiger partial charge is 0.259 e. The standard InChI is InChI=1S/C16H15Cl2NO2/c1-10(2)21-15-6-4-3-5-14(15)16(20)19-13-8-11(17)7-12(18)9-13/h3-10H,1-2H3,(H,19,20). The van der Waals surface area contributed by atoms with Gasteiger partial charge in [-0.3, -0.25) is 4.79 Å². The van der Waals surface area contributed by atoms with E-state index in [1.807, 2.05) is 19.9 Å². The Bertz CT molecular complexity index is 636. The van der Waals surface area contributed by atoms with Gasteiger partial charge >= 0.3 is 0 Å². The second-order valence-electron chi connectivity index (χ2n) is 4.78. The number of nitrogens with one attached hydrogen (secondary N) is 1. The molecule has 0 aromatic heterocycles. The van der Waals surface area contributed by atoms with Gasteiger partial charge in [0.1, 0.15) is 5.75 Å². The predicted octanol–water partition coefficient (Wildman–Crippen LogP) is 5.03. The van der Waals surface area contributed by atoms with Gasteiger partial charge in [-0.2, -0.15) is 0 Å². The number of hydrogen-bond donors (Lipinski definition) is 1. The predicted molar refractivity (Wildman–Crippen MR) is 86.6 cm³/mol. The number of carbonyl (C=O) groups is 1. The first-order valence-electron chi connectivity index (χ1n) is 6.49. The zero-order valence-electron chi connectivity index (χ0n) is 11.7. The van der Waals surface area contributed by atoms with E-state index >= 15 is 0 Å². The lowest BCUT2D eigenvalue weighted by Crippen LogP contribution is -2.15. The molecular formula is C16H15Cl2NO2. The molecule has 0 aliphatic heterocycles. The quantitative estimate of drug-likeness (QED) is 0.856. The summed E-state index contributed by atoms with van der Waals surface area (Å²) < 4.78 is 5.64. The van der Waals surface area contributed by atoms with Crippen LogP contribution in [0.3, 0.4) is 0 Å². The minimum Gasteiger partial charge on any atom is -0.490 e. The average molecular weight is 324 g/mol. The first kappa shape index (κ1) is 15.7. The van der Waals surface area contributed by atoms with E-state index in [0.29, 0.717) is 27.0 Å². The van der Waals surface area contributed by atoms with Crippen LogP contribution < -0.4 is 10.1 Å². The van der Waals surface area contributed by atoms with Crippen molar-refractivity contribution in [2.75, 3.05) is 5.32 Å². The molecule has 0 saturated heterocycles. The molecule has 1 N–H and O–H groups in total. The summed E-state index contributed by atoms with van der Waals surface area (Å²) >= 11 is 11.8. The van der Waals surface area contributed by atoms with Crippen LogP contribution in [-0.4, -0.2) is 12.0 Å². The Balaban J connectivity index is 2.24. The molecule has 0 bridgehead atoms. The monoisotopic (exact) mass is 323 g/mol. The van der Waals surface area contributed by atoms with Crippen molar-refractivity contribution in [2.24, 2.45) is 0 Å². The summed E-state index contributed by atoms with van der Waals surface area (Å²) in [5.41, 5.74) is 0.999. The molecule has 3 nitrogen and oxygen atoms in total. The summed E-state index contributed by atoms with van der Waals surface area (Å²) in [6.45, 7) is 3.82. The summed E-state index contributed by atoms with van der Waals surface area (Å²) in [6.07, 6.45) is -0.0143. The Hall–Kier alpha value is -1.71. The van der Waals surface area contributed by atoms with E-state index in [1.54, 1.807) is 36.4 Å². The number of halogens is 2. The fourth-order valence-electron chi connectivity index (χ4n) is 1.84. The number of para-hydroxylation sites is 1. The third-order valence-electron chi connectivity index (χ3n) is 2.61. The van der Waals surface area contributed by atoms with Gasteiger partial charge in [0, 0.05) is 15.7 Å². The van der Waals surface area contributed by atoms with Crippen molar-refractivity contribution in [2.45, 2.75) is 20.0 Å². The third-order valence-corrected chi connectivity index (χ3v) is 3.05. The molecule has 2 rings (SSSR count). The number of anilines is 1. The van der Waals surface area contributed by atoms with Gasteiger partial charge in [-0.15, -0.1) is 0 Å². The Morgan fingerprint density at radius 1 is 1.10 bits per heavy atom. The molecule has 0 spiro atoms. The molecule has 0 aliphatic carbocycles. The maximum absolute atomic E-state index is 12.4. The molecule has 0 aliphatic rings. The minimum absolute atomic E-state index is 0.0143. The highest BCUT2D eigenvalue weighted by Gasteiger charge is 2.13. The molecule has 2 aromatic rings. The summed E-state index contributed by atoms with van der Waals surface area (Å²) in [5, 5.41) is 3.69. The fraction of sp³-hybridized carbons (Fsp3) is 0.188. The van der Waals surface area contributed by atoms with E-state index in [0.717, 1.165) is 0 Å². The third kappa shape index (κ3) is 4.38. The van der Waals surface area contributed by atoms with Crippen molar-refractivity contribution in [1.29, 1.82) is 0 Å². The molecule has 0 atom stereocenters. The van der Waals surface area contributed by atoms with Gasteiger partial charge in [0.25, 0.3) is 5.91 Å². The van der Waals surface area contributed by atoms with E-state index in [2.05, 4.69) is 5.32 Å². The Labute approximate surface area is 133 Å². The van der Waals surface area contributed by atoms with Gasteiger partial charge in [0.15, 0.2) is 0 Å². The zero-order chi connectivity index (χ0) is 15.4. The highest BCUT2D eigenvalue weighted by atomic mass is 35.5. The molecular weight excluding hydrogens is 309 g/mol. The molecule has 21 heavy (non-hydrogen) atoms. The van der Waals surface area contributed by atoms with E-state index in [-0.39, 0.29) is 12.0 Å². The van der Waals surface area contributed by atoms with Crippen molar-refractivity contribution in [3.8, 4) is 5.75 Å². The van der Waals surface area contributed by atoms with Gasteiger partial charge in [0.05, 0.1) is 11.7 Å². The lowest BCUT2D eigenvalue weighted by atomic mass is 10.1. The molecule has 2 aromatic carbocycles. The first-order valence-corrected chi connectivity index (χ1v) is 7.24. The normalized spacial score (nSPS) is 10.5. The maximum Gasteiger partial charge on any atom is 0.259 e. The zero-order valence-corrected chi connectivity index (χ0v) is 13.2. The number of carbonyl (C=O) groups excluding carboxylic acids is 1. The van der Waals surface area contributed by atoms with Crippen molar-refractivity contribution >= 4 is 34.8 Å². The average Bonchev–Trinajstić information content (AvgIpc) is 2.37. The second kappa shape index (κ2) is 6.83. The Morgan fingerprint density at radius 2 is 1.71 bits per heavy atom. The van der Waals surface area contributed by atoms with E-state index < -0.39 is 0 Å². The molecule has 1 amide bonds. The van der Waals surface area contributed by atoms with E-state index in [1.165, 1.54) is 0 Å². The van der Waals surface area contributed by atoms with E-state index in [4.69, 9.17) is 27.9 Å². The molecule has 0 fully saturated rings. The van der Waals surface area contributed by atoms with E-state index in [9.17, 15) is 4.79 Å². The van der Waals surface area contributed by atoms with Gasteiger partial charge in [0.2, 0.25) is 0 Å². The lowest BCUT2D eigenvalue weighted by Gasteiger charge is -2.14. The van der Waals surface area contributed by atoms with Crippen LogP contribution in [0.25, 0.3) is 0 Å². The van der Waals surface area contributed by atoms with Crippen molar-refractivity contribution in [3.05, 3.63) is 58.1 Å². The fourth-order valence-corrected chi connectivity index (χ4v) is 2.36. The van der Waals surface area contributed by atoms with Gasteiger partial charge in [-0.1, -0.05) is 35.3 Å². The number of hydrogen-bond acceptors (Lipinski definition) is 2. The number of rotatable bonds is 4. The molecule has 0 unspecified atom stereocenters. The van der Waals surface area contributed by atoms with Gasteiger partial charge in [-0.25, -0.2) is 0 Å². The van der Waals surface area contributed by atoms with Crippen molar-refractivity contribution in [3.63, 3.8) is 0 Å². The summed E-state index contributed by atoms with van der Waals surface area (Å²) in [6, 6.07) is 12.0. The second-order valence-corrected chi connectivity index (χ2v) is 5.65. The van der Waals surface area contributed by atoms with Gasteiger partial charge in [-0.05, 0) is 44.2 Å². The number of amides is 1. The molecule has 0 saturated carbocycles. The minimum atomic E-state index is -0.274. The lowest BCUT2D eigenvalue weighted by molar-refractivity contribution is 0.102. The molecule has 0 radical (unpaired) electrons.